The standard InChI is InChI=1S/C16H34N2/c1-13(2)15(12-17-14(3)4)18-10-7-8-16(5,6)9-11-18/h13-15,17H,7-12H2,1-6H3. The summed E-state index contributed by atoms with van der Waals surface area (Å²) in [4.78, 5) is 2.73. The van der Waals surface area contributed by atoms with Gasteiger partial charge in [0.1, 0.15) is 0 Å². The van der Waals surface area contributed by atoms with E-state index in [4.69, 9.17) is 0 Å². The molecule has 1 N–H and O–H groups in total. The first-order valence-corrected chi connectivity index (χ1v) is 7.79. The molecule has 1 atom stereocenters. The zero-order valence-electron chi connectivity index (χ0n) is 13.4. The molecular formula is C16H34N2. The van der Waals surface area contributed by atoms with Gasteiger partial charge in [-0.05, 0) is 43.7 Å². The molecule has 1 fully saturated rings. The van der Waals surface area contributed by atoms with Crippen LogP contribution < -0.4 is 5.32 Å². The van der Waals surface area contributed by atoms with E-state index < -0.39 is 0 Å². The first-order valence-electron chi connectivity index (χ1n) is 7.79. The van der Waals surface area contributed by atoms with Crippen LogP contribution in [0, 0.1) is 11.3 Å². The number of hydrogen-bond donors (Lipinski definition) is 1. The molecule has 1 heterocycles. The topological polar surface area (TPSA) is 15.3 Å². The van der Waals surface area contributed by atoms with E-state index in [0.717, 1.165) is 12.5 Å². The van der Waals surface area contributed by atoms with E-state index in [1.165, 1.54) is 32.4 Å². The van der Waals surface area contributed by atoms with Gasteiger partial charge in [-0.1, -0.05) is 41.5 Å². The summed E-state index contributed by atoms with van der Waals surface area (Å²) < 4.78 is 0. The summed E-state index contributed by atoms with van der Waals surface area (Å²) in [5, 5.41) is 3.62. The quantitative estimate of drug-likeness (QED) is 0.807. The molecule has 1 saturated heterocycles. The van der Waals surface area contributed by atoms with Crippen LogP contribution in [-0.4, -0.2) is 36.6 Å². The molecule has 0 radical (unpaired) electrons. The smallest absolute Gasteiger partial charge is 0.0243 e. The Balaban J connectivity index is 2.56. The van der Waals surface area contributed by atoms with Gasteiger partial charge in [0.15, 0.2) is 0 Å². The molecule has 0 aliphatic carbocycles. The highest BCUT2D eigenvalue weighted by Crippen LogP contribution is 2.31. The van der Waals surface area contributed by atoms with Gasteiger partial charge in [-0.15, -0.1) is 0 Å². The van der Waals surface area contributed by atoms with E-state index in [1.807, 2.05) is 0 Å². The predicted octanol–water partition coefficient (Wildman–Crippen LogP) is 3.52. The van der Waals surface area contributed by atoms with Crippen molar-refractivity contribution < 1.29 is 0 Å². The van der Waals surface area contributed by atoms with E-state index in [1.54, 1.807) is 0 Å². The average Bonchev–Trinajstić information content (AvgIpc) is 2.40. The fourth-order valence-corrected chi connectivity index (χ4v) is 2.92. The van der Waals surface area contributed by atoms with Crippen molar-refractivity contribution in [1.82, 2.24) is 10.2 Å². The summed E-state index contributed by atoms with van der Waals surface area (Å²) in [6.07, 6.45) is 4.09. The highest BCUT2D eigenvalue weighted by molar-refractivity contribution is 4.83. The number of hydrogen-bond acceptors (Lipinski definition) is 2. The van der Waals surface area contributed by atoms with Crippen LogP contribution >= 0.6 is 0 Å². The molecule has 18 heavy (non-hydrogen) atoms. The van der Waals surface area contributed by atoms with Crippen molar-refractivity contribution in [2.45, 2.75) is 72.9 Å². The molecule has 1 unspecified atom stereocenters. The Bertz CT molecular complexity index is 233. The summed E-state index contributed by atoms with van der Waals surface area (Å²) in [7, 11) is 0. The maximum atomic E-state index is 3.62. The van der Waals surface area contributed by atoms with Gasteiger partial charge in [-0.3, -0.25) is 4.90 Å². The zero-order valence-corrected chi connectivity index (χ0v) is 13.4. The normalized spacial score (nSPS) is 23.3. The molecule has 0 amide bonds. The maximum Gasteiger partial charge on any atom is 0.0243 e. The van der Waals surface area contributed by atoms with Crippen LogP contribution in [-0.2, 0) is 0 Å². The van der Waals surface area contributed by atoms with Crippen molar-refractivity contribution in [1.29, 1.82) is 0 Å². The van der Waals surface area contributed by atoms with Gasteiger partial charge in [0.2, 0.25) is 0 Å². The number of nitrogens with one attached hydrogen (secondary N) is 1. The molecule has 0 aromatic rings. The van der Waals surface area contributed by atoms with E-state index >= 15 is 0 Å². The zero-order chi connectivity index (χ0) is 13.8. The van der Waals surface area contributed by atoms with Crippen LogP contribution in [0.15, 0.2) is 0 Å². The van der Waals surface area contributed by atoms with Gasteiger partial charge in [0.05, 0.1) is 0 Å². The third-order valence-corrected chi connectivity index (χ3v) is 4.35. The molecule has 0 aromatic heterocycles. The minimum absolute atomic E-state index is 0.543. The van der Waals surface area contributed by atoms with Crippen molar-refractivity contribution in [2.75, 3.05) is 19.6 Å². The molecule has 0 spiro atoms. The fourth-order valence-electron chi connectivity index (χ4n) is 2.92. The molecule has 1 aliphatic rings. The molecule has 0 saturated carbocycles. The molecule has 0 aromatic carbocycles. The third kappa shape index (κ3) is 5.27. The van der Waals surface area contributed by atoms with Crippen molar-refractivity contribution >= 4 is 0 Å². The van der Waals surface area contributed by atoms with E-state index in [2.05, 4.69) is 51.8 Å². The summed E-state index contributed by atoms with van der Waals surface area (Å²) in [6, 6.07) is 1.29. The van der Waals surface area contributed by atoms with Gasteiger partial charge in [0.25, 0.3) is 0 Å². The van der Waals surface area contributed by atoms with Crippen LogP contribution in [0.3, 0.4) is 0 Å². The number of nitrogens with zero attached hydrogens (tertiary/aromatic N) is 1. The Morgan fingerprint density at radius 3 is 2.28 bits per heavy atom. The first-order chi connectivity index (χ1) is 8.32. The Morgan fingerprint density at radius 1 is 1.06 bits per heavy atom. The van der Waals surface area contributed by atoms with Crippen molar-refractivity contribution in [3.05, 3.63) is 0 Å². The van der Waals surface area contributed by atoms with Crippen LogP contribution in [0.1, 0.15) is 60.8 Å². The van der Waals surface area contributed by atoms with E-state index in [9.17, 15) is 0 Å². The van der Waals surface area contributed by atoms with Crippen LogP contribution in [0.4, 0.5) is 0 Å². The van der Waals surface area contributed by atoms with Gasteiger partial charge in [-0.25, -0.2) is 0 Å². The average molecular weight is 254 g/mol. The highest BCUT2D eigenvalue weighted by atomic mass is 15.2. The van der Waals surface area contributed by atoms with Crippen LogP contribution in [0.2, 0.25) is 0 Å². The molecule has 108 valence electrons. The monoisotopic (exact) mass is 254 g/mol. The van der Waals surface area contributed by atoms with Crippen LogP contribution in [0.5, 0.6) is 0 Å². The van der Waals surface area contributed by atoms with Gasteiger partial charge in [-0.2, -0.15) is 0 Å². The summed E-state index contributed by atoms with van der Waals surface area (Å²) in [5.74, 6) is 0.734. The first kappa shape index (κ1) is 16.0. The fraction of sp³-hybridized carbons (Fsp3) is 1.00. The molecular weight excluding hydrogens is 220 g/mol. The van der Waals surface area contributed by atoms with Crippen molar-refractivity contribution in [3.8, 4) is 0 Å². The Hall–Kier alpha value is -0.0800. The van der Waals surface area contributed by atoms with Crippen LogP contribution in [0.25, 0.3) is 0 Å². The maximum absolute atomic E-state index is 3.62. The third-order valence-electron chi connectivity index (χ3n) is 4.35. The van der Waals surface area contributed by atoms with Gasteiger partial charge < -0.3 is 5.32 Å². The SMILES string of the molecule is CC(C)NCC(C(C)C)N1CCCC(C)(C)CC1. The number of likely N-dealkylation sites (tertiary alicyclic amines) is 1. The Labute approximate surface area is 115 Å². The Kier molecular flexibility index (Phi) is 6.13. The lowest BCUT2D eigenvalue weighted by atomic mass is 9.85. The summed E-state index contributed by atoms with van der Waals surface area (Å²) in [6.45, 7) is 17.7. The second kappa shape index (κ2) is 6.91. The molecule has 2 nitrogen and oxygen atoms in total. The van der Waals surface area contributed by atoms with Gasteiger partial charge in [0, 0.05) is 18.6 Å². The summed E-state index contributed by atoms with van der Waals surface area (Å²) in [5.41, 5.74) is 0.543. The van der Waals surface area contributed by atoms with Crippen molar-refractivity contribution in [3.63, 3.8) is 0 Å². The Morgan fingerprint density at radius 2 is 1.72 bits per heavy atom. The molecule has 2 heteroatoms. The second-order valence-electron chi connectivity index (χ2n) is 7.43. The summed E-state index contributed by atoms with van der Waals surface area (Å²) >= 11 is 0. The lowest BCUT2D eigenvalue weighted by Gasteiger charge is -2.34. The lowest BCUT2D eigenvalue weighted by molar-refractivity contribution is 0.149. The number of rotatable bonds is 5. The largest absolute Gasteiger partial charge is 0.313 e. The van der Waals surface area contributed by atoms with E-state index in [-0.39, 0.29) is 0 Å². The second-order valence-corrected chi connectivity index (χ2v) is 7.43. The van der Waals surface area contributed by atoms with Crippen molar-refractivity contribution in [2.24, 2.45) is 11.3 Å². The van der Waals surface area contributed by atoms with E-state index in [0.29, 0.717) is 17.5 Å². The molecule has 0 bridgehead atoms. The predicted molar refractivity (Wildman–Crippen MR) is 81.0 cm³/mol. The minimum Gasteiger partial charge on any atom is -0.313 e. The lowest BCUT2D eigenvalue weighted by Crippen LogP contribution is -2.47. The highest BCUT2D eigenvalue weighted by Gasteiger charge is 2.28. The minimum atomic E-state index is 0.543. The molecule has 1 aliphatic heterocycles. The molecule has 1 rings (SSSR count). The van der Waals surface area contributed by atoms with Gasteiger partial charge >= 0.3 is 0 Å².